The van der Waals surface area contributed by atoms with E-state index in [-0.39, 0.29) is 0 Å². The van der Waals surface area contributed by atoms with Crippen molar-refractivity contribution in [3.05, 3.63) is 59.2 Å². The lowest BCUT2D eigenvalue weighted by Crippen LogP contribution is -1.90. The summed E-state index contributed by atoms with van der Waals surface area (Å²) in [6.45, 7) is 0. The quantitative estimate of drug-likeness (QED) is 0.400. The van der Waals surface area contributed by atoms with Crippen LogP contribution in [-0.2, 0) is 5.75 Å². The third-order valence-electron chi connectivity index (χ3n) is 4.20. The molecule has 0 bridgehead atoms. The van der Waals surface area contributed by atoms with Crippen LogP contribution in [0, 0.1) is 0 Å². The van der Waals surface area contributed by atoms with Crippen molar-refractivity contribution < 1.29 is 13.9 Å². The van der Waals surface area contributed by atoms with E-state index in [9.17, 15) is 0 Å². The highest BCUT2D eigenvalue weighted by Crippen LogP contribution is 2.35. The van der Waals surface area contributed by atoms with E-state index in [4.69, 9.17) is 25.5 Å². The molecule has 0 aliphatic carbocycles. The number of rotatable bonds is 6. The Kier molecular flexibility index (Phi) is 5.36. The van der Waals surface area contributed by atoms with Crippen LogP contribution in [0.2, 0.25) is 5.02 Å². The van der Waals surface area contributed by atoms with Crippen molar-refractivity contribution in [2.45, 2.75) is 11.0 Å². The molecule has 0 saturated carbocycles. The van der Waals surface area contributed by atoms with E-state index in [0.29, 0.717) is 39.0 Å². The number of hydrogen-bond donors (Lipinski definition) is 0. The SMILES string of the molecule is COc1ccc(-c2nnc(SCc3ccc(Cl)c4cccnc34)o2)c(OC)c1. The zero-order chi connectivity index (χ0) is 19.5. The summed E-state index contributed by atoms with van der Waals surface area (Å²) in [6.07, 6.45) is 1.76. The first kappa shape index (κ1) is 18.6. The largest absolute Gasteiger partial charge is 0.497 e. The molecular formula is C20H16ClN3O3S. The molecule has 2 aromatic heterocycles. The van der Waals surface area contributed by atoms with Gasteiger partial charge in [-0.3, -0.25) is 4.98 Å². The fourth-order valence-electron chi connectivity index (χ4n) is 2.80. The summed E-state index contributed by atoms with van der Waals surface area (Å²) in [5.74, 6) is 2.32. The van der Waals surface area contributed by atoms with E-state index in [2.05, 4.69) is 15.2 Å². The predicted octanol–water partition coefficient (Wildman–Crippen LogP) is 5.25. The van der Waals surface area contributed by atoms with Crippen LogP contribution >= 0.6 is 23.4 Å². The van der Waals surface area contributed by atoms with Gasteiger partial charge in [0.25, 0.3) is 11.1 Å². The van der Waals surface area contributed by atoms with Gasteiger partial charge in [0.05, 0.1) is 25.3 Å². The van der Waals surface area contributed by atoms with E-state index >= 15 is 0 Å². The van der Waals surface area contributed by atoms with E-state index in [1.165, 1.54) is 11.8 Å². The minimum absolute atomic E-state index is 0.390. The zero-order valence-corrected chi connectivity index (χ0v) is 16.8. The van der Waals surface area contributed by atoms with Crippen molar-refractivity contribution in [3.8, 4) is 23.0 Å². The second kappa shape index (κ2) is 8.08. The molecule has 4 rings (SSSR count). The lowest BCUT2D eigenvalue weighted by molar-refractivity contribution is 0.393. The molecule has 0 aliphatic rings. The number of aromatic nitrogens is 3. The number of hydrogen-bond acceptors (Lipinski definition) is 7. The Hall–Kier alpha value is -2.77. The third kappa shape index (κ3) is 3.63. The minimum Gasteiger partial charge on any atom is -0.497 e. The molecule has 0 radical (unpaired) electrons. The summed E-state index contributed by atoms with van der Waals surface area (Å²) in [5, 5.41) is 10.4. The van der Waals surface area contributed by atoms with Gasteiger partial charge in [-0.05, 0) is 35.9 Å². The first-order valence-electron chi connectivity index (χ1n) is 8.40. The molecule has 0 spiro atoms. The Labute approximate surface area is 170 Å². The Bertz CT molecular complexity index is 1130. The Morgan fingerprint density at radius 2 is 1.96 bits per heavy atom. The minimum atomic E-state index is 0.390. The van der Waals surface area contributed by atoms with Crippen LogP contribution in [0.1, 0.15) is 5.56 Å². The summed E-state index contributed by atoms with van der Waals surface area (Å²) in [4.78, 5) is 4.45. The van der Waals surface area contributed by atoms with Gasteiger partial charge in [0.1, 0.15) is 11.5 Å². The molecule has 142 valence electrons. The van der Waals surface area contributed by atoms with Crippen molar-refractivity contribution in [2.24, 2.45) is 0 Å². The smallest absolute Gasteiger partial charge is 0.277 e. The third-order valence-corrected chi connectivity index (χ3v) is 5.39. The van der Waals surface area contributed by atoms with Gasteiger partial charge in [-0.1, -0.05) is 29.4 Å². The summed E-state index contributed by atoms with van der Waals surface area (Å²) in [6, 6.07) is 13.1. The molecule has 0 amide bonds. The summed E-state index contributed by atoms with van der Waals surface area (Å²) < 4.78 is 16.4. The Morgan fingerprint density at radius 3 is 2.79 bits per heavy atom. The molecule has 0 N–H and O–H groups in total. The highest BCUT2D eigenvalue weighted by molar-refractivity contribution is 7.98. The fourth-order valence-corrected chi connectivity index (χ4v) is 3.77. The predicted molar refractivity (Wildman–Crippen MR) is 109 cm³/mol. The van der Waals surface area contributed by atoms with E-state index in [0.717, 1.165) is 16.5 Å². The molecule has 2 heterocycles. The first-order valence-corrected chi connectivity index (χ1v) is 9.76. The van der Waals surface area contributed by atoms with Crippen LogP contribution in [0.4, 0.5) is 0 Å². The average molecular weight is 414 g/mol. The summed E-state index contributed by atoms with van der Waals surface area (Å²) in [5.41, 5.74) is 2.63. The lowest BCUT2D eigenvalue weighted by Gasteiger charge is -2.07. The van der Waals surface area contributed by atoms with Crippen molar-refractivity contribution in [1.29, 1.82) is 0 Å². The normalized spacial score (nSPS) is 11.0. The van der Waals surface area contributed by atoms with Crippen LogP contribution in [0.3, 0.4) is 0 Å². The van der Waals surface area contributed by atoms with Gasteiger partial charge in [0.2, 0.25) is 0 Å². The summed E-state index contributed by atoms with van der Waals surface area (Å²) >= 11 is 7.70. The number of nitrogens with zero attached hydrogens (tertiary/aromatic N) is 3. The molecule has 0 saturated heterocycles. The molecule has 0 unspecified atom stereocenters. The molecular weight excluding hydrogens is 398 g/mol. The molecule has 8 heteroatoms. The van der Waals surface area contributed by atoms with Crippen LogP contribution in [-0.4, -0.2) is 29.4 Å². The number of halogens is 1. The van der Waals surface area contributed by atoms with E-state index in [1.54, 1.807) is 26.5 Å². The number of fused-ring (bicyclic) bond motifs is 1. The average Bonchev–Trinajstić information content (AvgIpc) is 3.22. The van der Waals surface area contributed by atoms with Gasteiger partial charge in [-0.25, -0.2) is 0 Å². The van der Waals surface area contributed by atoms with Gasteiger partial charge in [-0.15, -0.1) is 10.2 Å². The van der Waals surface area contributed by atoms with E-state index < -0.39 is 0 Å². The molecule has 28 heavy (non-hydrogen) atoms. The van der Waals surface area contributed by atoms with Gasteiger partial charge in [0, 0.05) is 28.4 Å². The number of thioether (sulfide) groups is 1. The van der Waals surface area contributed by atoms with Crippen molar-refractivity contribution in [3.63, 3.8) is 0 Å². The highest BCUT2D eigenvalue weighted by atomic mass is 35.5. The van der Waals surface area contributed by atoms with Gasteiger partial charge >= 0.3 is 0 Å². The summed E-state index contributed by atoms with van der Waals surface area (Å²) in [7, 11) is 3.19. The second-order valence-electron chi connectivity index (χ2n) is 5.83. The number of ether oxygens (including phenoxy) is 2. The maximum Gasteiger partial charge on any atom is 0.277 e. The maximum absolute atomic E-state index is 6.26. The molecule has 6 nitrogen and oxygen atoms in total. The van der Waals surface area contributed by atoms with Crippen LogP contribution < -0.4 is 9.47 Å². The number of benzene rings is 2. The zero-order valence-electron chi connectivity index (χ0n) is 15.2. The number of methoxy groups -OCH3 is 2. The van der Waals surface area contributed by atoms with Gasteiger partial charge in [-0.2, -0.15) is 0 Å². The molecule has 0 aliphatic heterocycles. The van der Waals surface area contributed by atoms with Crippen molar-refractivity contribution in [1.82, 2.24) is 15.2 Å². The van der Waals surface area contributed by atoms with Crippen LogP contribution in [0.25, 0.3) is 22.4 Å². The van der Waals surface area contributed by atoms with E-state index in [1.807, 2.05) is 36.4 Å². The molecule has 4 aromatic rings. The van der Waals surface area contributed by atoms with Crippen LogP contribution in [0.15, 0.2) is 58.3 Å². The van der Waals surface area contributed by atoms with Gasteiger partial charge in [0.15, 0.2) is 0 Å². The maximum atomic E-state index is 6.26. The van der Waals surface area contributed by atoms with Crippen molar-refractivity contribution in [2.75, 3.05) is 14.2 Å². The Morgan fingerprint density at radius 1 is 1.07 bits per heavy atom. The number of pyridine rings is 1. The second-order valence-corrected chi connectivity index (χ2v) is 7.17. The van der Waals surface area contributed by atoms with Crippen molar-refractivity contribution >= 4 is 34.3 Å². The molecule has 0 atom stereocenters. The fraction of sp³-hybridized carbons (Fsp3) is 0.150. The van der Waals surface area contributed by atoms with Crippen LogP contribution in [0.5, 0.6) is 11.5 Å². The molecule has 2 aromatic carbocycles. The van der Waals surface area contributed by atoms with Gasteiger partial charge < -0.3 is 13.9 Å². The topological polar surface area (TPSA) is 70.3 Å². The monoisotopic (exact) mass is 413 g/mol. The highest BCUT2D eigenvalue weighted by Gasteiger charge is 2.15. The first-order chi connectivity index (χ1) is 13.7. The standard InChI is InChI=1S/C20H16ClN3O3S/c1-25-13-6-7-15(17(10-13)26-2)19-23-24-20(27-19)28-11-12-5-8-16(21)14-4-3-9-22-18(12)14/h3-10H,11H2,1-2H3. The lowest BCUT2D eigenvalue weighted by atomic mass is 10.1. The molecule has 0 fully saturated rings. The Balaban J connectivity index is 1.56.